The number of hydrogen-bond acceptors (Lipinski definition) is 3. The van der Waals surface area contributed by atoms with Crippen molar-refractivity contribution >= 4 is 29.0 Å². The molecule has 0 bridgehead atoms. The topological polar surface area (TPSA) is 28.2 Å². The fourth-order valence-corrected chi connectivity index (χ4v) is 2.94. The van der Waals surface area contributed by atoms with E-state index in [-0.39, 0.29) is 5.54 Å². The van der Waals surface area contributed by atoms with Crippen molar-refractivity contribution in [1.29, 1.82) is 0 Å². The number of rotatable bonds is 3. The lowest BCUT2D eigenvalue weighted by Crippen LogP contribution is -2.43. The molecule has 2 heterocycles. The fourth-order valence-electron chi connectivity index (χ4n) is 2.44. The van der Waals surface area contributed by atoms with Crippen molar-refractivity contribution in [3.05, 3.63) is 22.3 Å². The molecule has 1 aromatic rings. The third kappa shape index (κ3) is 4.51. The van der Waals surface area contributed by atoms with E-state index >= 15 is 0 Å². The molecule has 1 fully saturated rings. The molecular weight excluding hydrogens is 293 g/mol. The van der Waals surface area contributed by atoms with Crippen molar-refractivity contribution in [2.75, 3.05) is 24.5 Å². The number of halogens is 2. The summed E-state index contributed by atoms with van der Waals surface area (Å²) >= 11 is 12.1. The average Bonchev–Trinajstić information content (AvgIpc) is 2.36. The van der Waals surface area contributed by atoms with E-state index in [0.717, 1.165) is 31.4 Å². The van der Waals surface area contributed by atoms with Crippen LogP contribution in [-0.4, -0.2) is 30.2 Å². The number of anilines is 1. The summed E-state index contributed by atoms with van der Waals surface area (Å²) < 4.78 is 0. The van der Waals surface area contributed by atoms with Crippen LogP contribution in [0.15, 0.2) is 12.3 Å². The number of nitrogens with one attached hydrogen (secondary N) is 1. The minimum Gasteiger partial charge on any atom is -0.355 e. The van der Waals surface area contributed by atoms with Crippen LogP contribution in [0.4, 0.5) is 5.82 Å². The van der Waals surface area contributed by atoms with Crippen molar-refractivity contribution in [2.45, 2.75) is 39.2 Å². The Morgan fingerprint density at radius 2 is 1.95 bits per heavy atom. The normalized spacial score (nSPS) is 17.6. The highest BCUT2D eigenvalue weighted by Crippen LogP contribution is 2.29. The lowest BCUT2D eigenvalue weighted by Gasteiger charge is -2.34. The van der Waals surface area contributed by atoms with E-state index in [2.05, 4.69) is 36.0 Å². The zero-order valence-corrected chi connectivity index (χ0v) is 13.9. The molecule has 1 aromatic heterocycles. The molecule has 3 nitrogen and oxygen atoms in total. The Hall–Kier alpha value is -0.510. The highest BCUT2D eigenvalue weighted by molar-refractivity contribution is 6.36. The summed E-state index contributed by atoms with van der Waals surface area (Å²) in [5.41, 5.74) is 0.193. The third-order valence-electron chi connectivity index (χ3n) is 3.62. The molecule has 0 aromatic carbocycles. The van der Waals surface area contributed by atoms with Gasteiger partial charge in [-0.2, -0.15) is 0 Å². The first-order valence-corrected chi connectivity index (χ1v) is 7.92. The average molecular weight is 316 g/mol. The maximum Gasteiger partial charge on any atom is 0.147 e. The molecule has 0 saturated carbocycles. The Morgan fingerprint density at radius 3 is 2.50 bits per heavy atom. The van der Waals surface area contributed by atoms with Crippen LogP contribution in [0, 0.1) is 5.92 Å². The standard InChI is InChI=1S/C15H23Cl2N3/c1-15(2,3)19-9-11-4-6-20(7-5-11)14-13(17)8-12(16)10-18-14/h8,10-11,19H,4-7,9H2,1-3H3. The monoisotopic (exact) mass is 315 g/mol. The van der Waals surface area contributed by atoms with E-state index in [1.54, 1.807) is 12.3 Å². The predicted octanol–water partition coefficient (Wildman–Crippen LogP) is 3.99. The van der Waals surface area contributed by atoms with Gasteiger partial charge in [-0.05, 0) is 52.1 Å². The van der Waals surface area contributed by atoms with E-state index in [1.165, 1.54) is 12.8 Å². The molecule has 0 atom stereocenters. The van der Waals surface area contributed by atoms with Crippen molar-refractivity contribution in [2.24, 2.45) is 5.92 Å². The van der Waals surface area contributed by atoms with Gasteiger partial charge in [0.1, 0.15) is 5.82 Å². The number of piperidine rings is 1. The lowest BCUT2D eigenvalue weighted by molar-refractivity contribution is 0.328. The summed E-state index contributed by atoms with van der Waals surface area (Å²) in [4.78, 5) is 6.61. The van der Waals surface area contributed by atoms with Gasteiger partial charge in [0.2, 0.25) is 0 Å². The van der Waals surface area contributed by atoms with E-state index in [4.69, 9.17) is 23.2 Å². The smallest absolute Gasteiger partial charge is 0.147 e. The second kappa shape index (κ2) is 6.50. The number of nitrogens with zero attached hydrogens (tertiary/aromatic N) is 2. The molecule has 112 valence electrons. The zero-order chi connectivity index (χ0) is 14.8. The van der Waals surface area contributed by atoms with Crippen molar-refractivity contribution in [1.82, 2.24) is 10.3 Å². The molecule has 1 N–H and O–H groups in total. The maximum atomic E-state index is 6.22. The molecule has 5 heteroatoms. The number of aromatic nitrogens is 1. The molecule has 0 aliphatic carbocycles. The van der Waals surface area contributed by atoms with Gasteiger partial charge in [-0.3, -0.25) is 0 Å². The number of pyridine rings is 1. The number of hydrogen-bond donors (Lipinski definition) is 1. The van der Waals surface area contributed by atoms with Gasteiger partial charge in [0, 0.05) is 24.8 Å². The highest BCUT2D eigenvalue weighted by Gasteiger charge is 2.22. The Labute approximate surface area is 131 Å². The van der Waals surface area contributed by atoms with Gasteiger partial charge in [0.05, 0.1) is 10.0 Å². The minimum absolute atomic E-state index is 0.193. The zero-order valence-electron chi connectivity index (χ0n) is 12.4. The quantitative estimate of drug-likeness (QED) is 0.914. The molecule has 1 aliphatic heterocycles. The Kier molecular flexibility index (Phi) is 5.16. The summed E-state index contributed by atoms with van der Waals surface area (Å²) in [6.45, 7) is 9.72. The fraction of sp³-hybridized carbons (Fsp3) is 0.667. The Bertz CT molecular complexity index is 449. The van der Waals surface area contributed by atoms with Crippen LogP contribution in [0.2, 0.25) is 10.0 Å². The van der Waals surface area contributed by atoms with Crippen molar-refractivity contribution in [3.63, 3.8) is 0 Å². The van der Waals surface area contributed by atoms with Crippen LogP contribution in [0.1, 0.15) is 33.6 Å². The molecule has 20 heavy (non-hydrogen) atoms. The van der Waals surface area contributed by atoms with E-state index in [1.807, 2.05) is 0 Å². The van der Waals surface area contributed by atoms with Crippen LogP contribution >= 0.6 is 23.2 Å². The first-order chi connectivity index (χ1) is 9.35. The van der Waals surface area contributed by atoms with E-state index in [0.29, 0.717) is 10.0 Å². The van der Waals surface area contributed by atoms with Crippen LogP contribution in [0.5, 0.6) is 0 Å². The summed E-state index contributed by atoms with van der Waals surface area (Å²) in [6.07, 6.45) is 4.00. The molecular formula is C15H23Cl2N3. The van der Waals surface area contributed by atoms with Gasteiger partial charge in [-0.1, -0.05) is 23.2 Å². The van der Waals surface area contributed by atoms with Crippen molar-refractivity contribution < 1.29 is 0 Å². The van der Waals surface area contributed by atoms with Crippen LogP contribution in [0.3, 0.4) is 0 Å². The van der Waals surface area contributed by atoms with Gasteiger partial charge in [-0.15, -0.1) is 0 Å². The Morgan fingerprint density at radius 1 is 1.30 bits per heavy atom. The molecule has 1 aliphatic rings. The highest BCUT2D eigenvalue weighted by atomic mass is 35.5. The summed E-state index contributed by atoms with van der Waals surface area (Å²) in [5, 5.41) is 4.82. The molecule has 0 radical (unpaired) electrons. The molecule has 0 amide bonds. The summed E-state index contributed by atoms with van der Waals surface area (Å²) in [5.74, 6) is 1.59. The maximum absolute atomic E-state index is 6.22. The second-order valence-electron chi connectivity index (χ2n) is 6.52. The molecule has 2 rings (SSSR count). The van der Waals surface area contributed by atoms with Gasteiger partial charge in [0.15, 0.2) is 0 Å². The van der Waals surface area contributed by atoms with Crippen LogP contribution < -0.4 is 10.2 Å². The largest absolute Gasteiger partial charge is 0.355 e. The van der Waals surface area contributed by atoms with Gasteiger partial charge >= 0.3 is 0 Å². The summed E-state index contributed by atoms with van der Waals surface area (Å²) in [7, 11) is 0. The molecule has 0 unspecified atom stereocenters. The third-order valence-corrected chi connectivity index (χ3v) is 4.11. The predicted molar refractivity (Wildman–Crippen MR) is 86.9 cm³/mol. The van der Waals surface area contributed by atoms with Gasteiger partial charge < -0.3 is 10.2 Å². The van der Waals surface area contributed by atoms with Gasteiger partial charge in [-0.25, -0.2) is 4.98 Å². The van der Waals surface area contributed by atoms with Crippen LogP contribution in [0.25, 0.3) is 0 Å². The summed E-state index contributed by atoms with van der Waals surface area (Å²) in [6, 6.07) is 1.76. The van der Waals surface area contributed by atoms with Crippen molar-refractivity contribution in [3.8, 4) is 0 Å². The molecule has 0 spiro atoms. The first kappa shape index (κ1) is 15.9. The Balaban J connectivity index is 1.88. The lowest BCUT2D eigenvalue weighted by atomic mass is 9.95. The molecule has 1 saturated heterocycles. The van der Waals surface area contributed by atoms with Crippen LogP contribution in [-0.2, 0) is 0 Å². The van der Waals surface area contributed by atoms with E-state index < -0.39 is 0 Å². The van der Waals surface area contributed by atoms with Gasteiger partial charge in [0.25, 0.3) is 0 Å². The SMILES string of the molecule is CC(C)(C)NCC1CCN(c2ncc(Cl)cc2Cl)CC1. The van der Waals surface area contributed by atoms with E-state index in [9.17, 15) is 0 Å². The minimum atomic E-state index is 0.193. The second-order valence-corrected chi connectivity index (χ2v) is 7.36. The first-order valence-electron chi connectivity index (χ1n) is 7.16.